The average molecular weight is 492 g/mol. The minimum absolute atomic E-state index is 0.171. The molecule has 0 saturated carbocycles. The van der Waals surface area contributed by atoms with Crippen LogP contribution in [-0.4, -0.2) is 33.6 Å². The molecule has 1 N–H and O–H groups in total. The summed E-state index contributed by atoms with van der Waals surface area (Å²) < 4.78 is 47.7. The number of aromatic nitrogens is 1. The standard InChI is InChI=1S/C27H19F3N2O4/c1-36-18-8-5-16(6-9-18)13-31-14-17-7-10-22(19-3-2-4-20(24(17)19)23(31)15-33)32-12-11-21(26(34)35)25(32)27(28,29)30/h2-12H,13-14H2,1H3,(H,34,35). The van der Waals surface area contributed by atoms with E-state index in [1.54, 1.807) is 37.4 Å². The largest absolute Gasteiger partial charge is 0.497 e. The van der Waals surface area contributed by atoms with Gasteiger partial charge in [0.2, 0.25) is 0 Å². The Kier molecular flexibility index (Phi) is 5.57. The summed E-state index contributed by atoms with van der Waals surface area (Å²) in [6.45, 7) is 0.770. The SMILES string of the molecule is COc1ccc(CN2Cc3ccc(-n4ccc(C(=O)O)c4C(F)(F)F)c4cccc(c34)C2=C=O)cc1. The number of methoxy groups -OCH3 is 1. The van der Waals surface area contributed by atoms with E-state index in [-0.39, 0.29) is 5.69 Å². The molecular formula is C27H19F3N2O4. The third-order valence-corrected chi connectivity index (χ3v) is 6.31. The number of aromatic carboxylic acids is 1. The van der Waals surface area contributed by atoms with Gasteiger partial charge in [-0.25, -0.2) is 9.59 Å². The van der Waals surface area contributed by atoms with Gasteiger partial charge in [0.1, 0.15) is 17.1 Å². The fourth-order valence-corrected chi connectivity index (χ4v) is 4.76. The van der Waals surface area contributed by atoms with Crippen LogP contribution in [0.3, 0.4) is 0 Å². The highest BCUT2D eigenvalue weighted by atomic mass is 19.4. The molecule has 0 aliphatic carbocycles. The lowest BCUT2D eigenvalue weighted by Crippen LogP contribution is -2.26. The lowest BCUT2D eigenvalue weighted by molar-refractivity contribution is -0.142. The third-order valence-electron chi connectivity index (χ3n) is 6.31. The van der Waals surface area contributed by atoms with Crippen LogP contribution in [0.4, 0.5) is 13.2 Å². The van der Waals surface area contributed by atoms with Gasteiger partial charge in [-0.15, -0.1) is 0 Å². The molecule has 36 heavy (non-hydrogen) atoms. The number of carboxylic acid groups (broad SMARTS) is 1. The second-order valence-electron chi connectivity index (χ2n) is 8.38. The lowest BCUT2D eigenvalue weighted by Gasteiger charge is -2.32. The average Bonchev–Trinajstić information content (AvgIpc) is 3.31. The van der Waals surface area contributed by atoms with E-state index in [2.05, 4.69) is 0 Å². The van der Waals surface area contributed by atoms with Crippen LogP contribution in [0.1, 0.15) is 32.7 Å². The maximum absolute atomic E-state index is 13.9. The van der Waals surface area contributed by atoms with E-state index >= 15 is 0 Å². The molecule has 2 heterocycles. The van der Waals surface area contributed by atoms with E-state index < -0.39 is 23.4 Å². The molecule has 0 radical (unpaired) electrons. The Balaban J connectivity index is 1.63. The molecule has 5 rings (SSSR count). The van der Waals surface area contributed by atoms with Crippen molar-refractivity contribution in [3.63, 3.8) is 0 Å². The van der Waals surface area contributed by atoms with Crippen molar-refractivity contribution in [2.45, 2.75) is 19.3 Å². The number of carbonyl (C=O) groups is 1. The van der Waals surface area contributed by atoms with E-state index in [1.807, 2.05) is 35.1 Å². The Morgan fingerprint density at radius 1 is 1.08 bits per heavy atom. The molecule has 9 heteroatoms. The molecule has 0 amide bonds. The summed E-state index contributed by atoms with van der Waals surface area (Å²) in [5.74, 6) is 1.06. The fraction of sp³-hybridized carbons (Fsp3) is 0.148. The first-order valence-electron chi connectivity index (χ1n) is 10.9. The topological polar surface area (TPSA) is 71.8 Å². The van der Waals surface area contributed by atoms with E-state index in [1.165, 1.54) is 0 Å². The number of benzene rings is 3. The molecule has 0 saturated heterocycles. The molecule has 0 atom stereocenters. The van der Waals surface area contributed by atoms with Crippen molar-refractivity contribution in [1.29, 1.82) is 0 Å². The van der Waals surface area contributed by atoms with Crippen molar-refractivity contribution >= 4 is 28.4 Å². The maximum atomic E-state index is 13.9. The molecular weight excluding hydrogens is 473 g/mol. The van der Waals surface area contributed by atoms with Gasteiger partial charge in [0.15, 0.2) is 5.94 Å². The maximum Gasteiger partial charge on any atom is 0.432 e. The van der Waals surface area contributed by atoms with E-state index in [0.29, 0.717) is 40.9 Å². The Labute approximate surface area is 203 Å². The van der Waals surface area contributed by atoms with Crippen molar-refractivity contribution in [2.24, 2.45) is 0 Å². The Bertz CT molecular complexity index is 1550. The van der Waals surface area contributed by atoms with Gasteiger partial charge in [-0.1, -0.05) is 36.4 Å². The van der Waals surface area contributed by atoms with Crippen LogP contribution in [0.5, 0.6) is 5.75 Å². The number of alkyl halides is 3. The number of nitrogens with zero attached hydrogens (tertiary/aromatic N) is 2. The number of hydrogen-bond acceptors (Lipinski definition) is 4. The molecule has 4 aromatic rings. The van der Waals surface area contributed by atoms with Crippen molar-refractivity contribution in [3.8, 4) is 11.4 Å². The van der Waals surface area contributed by atoms with Crippen molar-refractivity contribution < 1.29 is 32.6 Å². The first kappa shape index (κ1) is 23.3. The number of hydrogen-bond donors (Lipinski definition) is 1. The Morgan fingerprint density at radius 3 is 2.47 bits per heavy atom. The fourth-order valence-electron chi connectivity index (χ4n) is 4.76. The van der Waals surface area contributed by atoms with Crippen LogP contribution in [0.15, 0.2) is 66.9 Å². The van der Waals surface area contributed by atoms with Gasteiger partial charge in [-0.05, 0) is 40.8 Å². The lowest BCUT2D eigenvalue weighted by atomic mass is 9.92. The van der Waals surface area contributed by atoms with Crippen LogP contribution < -0.4 is 4.74 Å². The summed E-state index contributed by atoms with van der Waals surface area (Å²) in [7, 11) is 1.58. The predicted molar refractivity (Wildman–Crippen MR) is 127 cm³/mol. The first-order valence-corrected chi connectivity index (χ1v) is 10.9. The van der Waals surface area contributed by atoms with Crippen LogP contribution >= 0.6 is 0 Å². The zero-order valence-corrected chi connectivity index (χ0v) is 19.0. The quantitative estimate of drug-likeness (QED) is 0.370. The molecule has 182 valence electrons. The Morgan fingerprint density at radius 2 is 1.83 bits per heavy atom. The highest BCUT2D eigenvalue weighted by molar-refractivity contribution is 6.05. The second kappa shape index (κ2) is 8.62. The highest BCUT2D eigenvalue weighted by Gasteiger charge is 2.40. The van der Waals surface area contributed by atoms with Gasteiger partial charge in [-0.2, -0.15) is 13.2 Å². The summed E-state index contributed by atoms with van der Waals surface area (Å²) in [6.07, 6.45) is -3.79. The molecule has 0 fully saturated rings. The summed E-state index contributed by atoms with van der Waals surface area (Å²) in [6, 6.07) is 16.7. The molecule has 1 aliphatic rings. The number of carbonyl (C=O) groups excluding carboxylic acids is 1. The number of halogens is 3. The monoisotopic (exact) mass is 492 g/mol. The van der Waals surface area contributed by atoms with Gasteiger partial charge in [0.05, 0.1) is 18.4 Å². The zero-order chi connectivity index (χ0) is 25.6. The highest BCUT2D eigenvalue weighted by Crippen LogP contribution is 2.41. The summed E-state index contributed by atoms with van der Waals surface area (Å²) in [5, 5.41) is 10.4. The normalized spacial score (nSPS) is 13.1. The molecule has 3 aromatic carbocycles. The van der Waals surface area contributed by atoms with E-state index in [9.17, 15) is 27.9 Å². The number of carboxylic acids is 1. The molecule has 0 unspecified atom stereocenters. The molecule has 0 spiro atoms. The van der Waals surface area contributed by atoms with Crippen LogP contribution in [0.2, 0.25) is 0 Å². The first-order chi connectivity index (χ1) is 17.2. The van der Waals surface area contributed by atoms with Gasteiger partial charge >= 0.3 is 12.1 Å². The number of ether oxygens (including phenoxy) is 1. The predicted octanol–water partition coefficient (Wildman–Crippen LogP) is 5.54. The van der Waals surface area contributed by atoms with Crippen LogP contribution in [-0.2, 0) is 24.1 Å². The van der Waals surface area contributed by atoms with Gasteiger partial charge < -0.3 is 19.3 Å². The number of rotatable bonds is 5. The summed E-state index contributed by atoms with van der Waals surface area (Å²) in [5.41, 5.74) is 0.703. The van der Waals surface area contributed by atoms with Crippen molar-refractivity contribution in [2.75, 3.05) is 7.11 Å². The third kappa shape index (κ3) is 3.79. The molecule has 1 aliphatic heterocycles. The Hall–Kier alpha value is -4.49. The molecule has 0 bridgehead atoms. The van der Waals surface area contributed by atoms with Gasteiger partial charge in [0.25, 0.3) is 0 Å². The summed E-state index contributed by atoms with van der Waals surface area (Å²) >= 11 is 0. The summed E-state index contributed by atoms with van der Waals surface area (Å²) in [4.78, 5) is 25.4. The zero-order valence-electron chi connectivity index (χ0n) is 19.0. The van der Waals surface area contributed by atoms with Gasteiger partial charge in [-0.3, -0.25) is 0 Å². The van der Waals surface area contributed by atoms with E-state index in [0.717, 1.165) is 28.0 Å². The minimum Gasteiger partial charge on any atom is -0.497 e. The van der Waals surface area contributed by atoms with Crippen LogP contribution in [0.25, 0.3) is 22.2 Å². The van der Waals surface area contributed by atoms with Crippen molar-refractivity contribution in [1.82, 2.24) is 9.47 Å². The van der Waals surface area contributed by atoms with Crippen LogP contribution in [0, 0.1) is 0 Å². The molecule has 1 aromatic heterocycles. The van der Waals surface area contributed by atoms with Gasteiger partial charge in [0, 0.05) is 30.2 Å². The smallest absolute Gasteiger partial charge is 0.432 e. The second-order valence-corrected chi connectivity index (χ2v) is 8.38. The molecule has 6 nitrogen and oxygen atoms in total. The van der Waals surface area contributed by atoms with E-state index in [4.69, 9.17) is 4.74 Å². The van der Waals surface area contributed by atoms with Crippen molar-refractivity contribution in [3.05, 3.63) is 94.8 Å². The minimum atomic E-state index is -4.89.